The summed E-state index contributed by atoms with van der Waals surface area (Å²) in [6.07, 6.45) is -3.57. The minimum Gasteiger partial charge on any atom is -0.350 e. The number of amides is 1. The summed E-state index contributed by atoms with van der Waals surface area (Å²) in [6, 6.07) is 19.8. The number of carbonyl (C=O) groups excluding carboxylic acids is 1. The Morgan fingerprint density at radius 2 is 1.81 bits per heavy atom. The molecule has 2 aromatic heterocycles. The van der Waals surface area contributed by atoms with E-state index in [2.05, 4.69) is 20.5 Å². The highest BCUT2D eigenvalue weighted by Crippen LogP contribution is 2.33. The number of benzene rings is 3. The van der Waals surface area contributed by atoms with Gasteiger partial charge >= 0.3 is 6.18 Å². The first-order chi connectivity index (χ1) is 20.2. The van der Waals surface area contributed by atoms with Gasteiger partial charge in [-0.1, -0.05) is 77.4 Å². The molecule has 6 nitrogen and oxygen atoms in total. The van der Waals surface area contributed by atoms with E-state index in [9.17, 15) is 18.0 Å². The number of carbonyl (C=O) groups is 1. The van der Waals surface area contributed by atoms with Crippen molar-refractivity contribution in [2.45, 2.75) is 29.9 Å². The van der Waals surface area contributed by atoms with Crippen LogP contribution < -0.4 is 5.32 Å². The molecule has 0 radical (unpaired) electrons. The van der Waals surface area contributed by atoms with Gasteiger partial charge in [-0.15, -0.1) is 21.5 Å². The Morgan fingerprint density at radius 1 is 1.00 bits per heavy atom. The molecule has 0 saturated heterocycles. The maximum atomic E-state index is 13.5. The molecule has 216 valence electrons. The first-order valence-corrected chi connectivity index (χ1v) is 15.2. The summed E-state index contributed by atoms with van der Waals surface area (Å²) < 4.78 is 42.1. The van der Waals surface area contributed by atoms with E-state index < -0.39 is 11.7 Å². The van der Waals surface area contributed by atoms with Crippen LogP contribution in [0.1, 0.15) is 38.0 Å². The number of nitrogens with zero attached hydrogens (tertiary/aromatic N) is 4. The van der Waals surface area contributed by atoms with Crippen LogP contribution in [0.4, 0.5) is 13.2 Å². The molecule has 0 bridgehead atoms. The molecule has 42 heavy (non-hydrogen) atoms. The Labute approximate surface area is 257 Å². The highest BCUT2D eigenvalue weighted by Gasteiger charge is 2.31. The number of thioether (sulfide) groups is 1. The van der Waals surface area contributed by atoms with E-state index in [0.29, 0.717) is 56.9 Å². The number of alkyl halides is 3. The van der Waals surface area contributed by atoms with Crippen molar-refractivity contribution in [3.8, 4) is 5.69 Å². The normalized spacial score (nSPS) is 11.5. The molecule has 0 spiro atoms. The van der Waals surface area contributed by atoms with Gasteiger partial charge in [0.1, 0.15) is 16.5 Å². The van der Waals surface area contributed by atoms with Gasteiger partial charge in [-0.3, -0.25) is 9.36 Å². The summed E-state index contributed by atoms with van der Waals surface area (Å²) in [6.45, 7) is 0.367. The zero-order chi connectivity index (χ0) is 29.7. The van der Waals surface area contributed by atoms with E-state index in [-0.39, 0.29) is 11.6 Å². The summed E-state index contributed by atoms with van der Waals surface area (Å²) in [4.78, 5) is 17.1. The fourth-order valence-electron chi connectivity index (χ4n) is 4.10. The minimum absolute atomic E-state index is 0.280. The lowest BCUT2D eigenvalue weighted by Gasteiger charge is -2.13. The van der Waals surface area contributed by atoms with Gasteiger partial charge in [-0.05, 0) is 47.9 Å². The van der Waals surface area contributed by atoms with E-state index in [0.717, 1.165) is 23.3 Å². The predicted octanol–water partition coefficient (Wildman–Crippen LogP) is 7.91. The van der Waals surface area contributed by atoms with Crippen molar-refractivity contribution in [2.75, 3.05) is 6.54 Å². The second kappa shape index (κ2) is 13.3. The number of hydrogen-bond acceptors (Lipinski definition) is 6. The van der Waals surface area contributed by atoms with Gasteiger partial charge in [0.05, 0.1) is 17.0 Å². The monoisotopic (exact) mass is 647 g/mol. The number of hydrogen-bond donors (Lipinski definition) is 1. The zero-order valence-corrected chi connectivity index (χ0v) is 24.9. The van der Waals surface area contributed by atoms with Gasteiger partial charge in [-0.25, -0.2) is 4.98 Å². The Morgan fingerprint density at radius 3 is 2.57 bits per heavy atom. The van der Waals surface area contributed by atoms with Crippen LogP contribution in [-0.4, -0.2) is 32.2 Å². The third-order valence-electron chi connectivity index (χ3n) is 6.14. The highest BCUT2D eigenvalue weighted by atomic mass is 35.5. The molecule has 3 aromatic carbocycles. The van der Waals surface area contributed by atoms with Gasteiger partial charge in [0.15, 0.2) is 5.16 Å². The Hall–Kier alpha value is -3.38. The topological polar surface area (TPSA) is 72.7 Å². The standard InChI is InChI=1S/C29H22Cl2F3N5OS2/c30-21-10-9-19(23(31)15-21)11-12-35-27(40)24-16-41-26(36-24)17-42-28-38-37-25(13-18-5-2-1-3-6-18)39(28)22-8-4-7-20(14-22)29(32,33)34/h1-10,14-16H,11-13,17H2,(H,35,40). The van der Waals surface area contributed by atoms with E-state index in [4.69, 9.17) is 23.2 Å². The van der Waals surface area contributed by atoms with E-state index >= 15 is 0 Å². The van der Waals surface area contributed by atoms with Crippen molar-refractivity contribution >= 4 is 52.2 Å². The number of halogens is 5. The lowest BCUT2D eigenvalue weighted by atomic mass is 10.1. The highest BCUT2D eigenvalue weighted by molar-refractivity contribution is 7.98. The summed E-state index contributed by atoms with van der Waals surface area (Å²) in [7, 11) is 0. The molecule has 0 atom stereocenters. The fraction of sp³-hybridized carbons (Fsp3) is 0.172. The van der Waals surface area contributed by atoms with E-state index in [1.54, 1.807) is 28.1 Å². The molecular weight excluding hydrogens is 626 g/mol. The second-order valence-electron chi connectivity index (χ2n) is 9.10. The van der Waals surface area contributed by atoms with Crippen molar-refractivity contribution in [1.82, 2.24) is 25.1 Å². The molecule has 0 aliphatic rings. The summed E-state index contributed by atoms with van der Waals surface area (Å²) in [5.74, 6) is 0.536. The minimum atomic E-state index is -4.49. The molecular formula is C29H22Cl2F3N5OS2. The molecule has 0 aliphatic carbocycles. The molecule has 0 fully saturated rings. The first-order valence-electron chi connectivity index (χ1n) is 12.6. The van der Waals surface area contributed by atoms with Crippen molar-refractivity contribution in [1.29, 1.82) is 0 Å². The lowest BCUT2D eigenvalue weighted by Crippen LogP contribution is -2.26. The van der Waals surface area contributed by atoms with Gasteiger partial charge in [0.2, 0.25) is 0 Å². The van der Waals surface area contributed by atoms with Gasteiger partial charge in [0.25, 0.3) is 5.91 Å². The van der Waals surface area contributed by atoms with Crippen molar-refractivity contribution in [3.63, 3.8) is 0 Å². The van der Waals surface area contributed by atoms with Crippen molar-refractivity contribution in [3.05, 3.63) is 121 Å². The number of aromatic nitrogens is 4. The van der Waals surface area contributed by atoms with Crippen LogP contribution in [0.15, 0.2) is 83.3 Å². The summed E-state index contributed by atoms with van der Waals surface area (Å²) >= 11 is 14.7. The van der Waals surface area contributed by atoms with Crippen LogP contribution in [0.2, 0.25) is 10.0 Å². The van der Waals surface area contributed by atoms with Crippen LogP contribution in [0, 0.1) is 0 Å². The molecule has 5 rings (SSSR count). The smallest absolute Gasteiger partial charge is 0.350 e. The molecule has 1 N–H and O–H groups in total. The van der Waals surface area contributed by atoms with Gasteiger partial charge in [-0.2, -0.15) is 13.2 Å². The zero-order valence-electron chi connectivity index (χ0n) is 21.7. The van der Waals surface area contributed by atoms with Crippen LogP contribution in [0.25, 0.3) is 5.69 Å². The van der Waals surface area contributed by atoms with E-state index in [1.165, 1.54) is 29.2 Å². The lowest BCUT2D eigenvalue weighted by molar-refractivity contribution is -0.137. The average molecular weight is 649 g/mol. The number of thiazole rings is 1. The van der Waals surface area contributed by atoms with Gasteiger partial charge < -0.3 is 5.32 Å². The third kappa shape index (κ3) is 7.52. The molecule has 0 saturated carbocycles. The maximum absolute atomic E-state index is 13.5. The fourth-order valence-corrected chi connectivity index (χ4v) is 6.37. The number of nitrogens with one attached hydrogen (secondary N) is 1. The summed E-state index contributed by atoms with van der Waals surface area (Å²) in [5.41, 5.74) is 1.64. The molecule has 0 unspecified atom stereocenters. The second-order valence-corrected chi connectivity index (χ2v) is 11.8. The van der Waals surface area contributed by atoms with Crippen LogP contribution in [0.3, 0.4) is 0 Å². The van der Waals surface area contributed by atoms with Crippen LogP contribution in [-0.2, 0) is 24.8 Å². The SMILES string of the molecule is O=C(NCCc1ccc(Cl)cc1Cl)c1csc(CSc2nnc(Cc3ccccc3)n2-c2cccc(C(F)(F)F)c2)n1. The Kier molecular flexibility index (Phi) is 9.52. The molecule has 13 heteroatoms. The molecule has 1 amide bonds. The van der Waals surface area contributed by atoms with Crippen molar-refractivity contribution in [2.24, 2.45) is 0 Å². The van der Waals surface area contributed by atoms with Crippen LogP contribution >= 0.6 is 46.3 Å². The Balaban J connectivity index is 1.29. The first kappa shape index (κ1) is 30.1. The largest absolute Gasteiger partial charge is 0.416 e. The van der Waals surface area contributed by atoms with Crippen LogP contribution in [0.5, 0.6) is 0 Å². The average Bonchev–Trinajstić information content (AvgIpc) is 3.60. The maximum Gasteiger partial charge on any atom is 0.416 e. The summed E-state index contributed by atoms with van der Waals surface area (Å²) in [5, 5.41) is 15.3. The predicted molar refractivity (Wildman–Crippen MR) is 160 cm³/mol. The molecule has 5 aromatic rings. The third-order valence-corrected chi connectivity index (χ3v) is 8.70. The quantitative estimate of drug-likeness (QED) is 0.156. The van der Waals surface area contributed by atoms with Gasteiger partial charge in [0, 0.05) is 28.4 Å². The number of rotatable bonds is 10. The van der Waals surface area contributed by atoms with Crippen molar-refractivity contribution < 1.29 is 18.0 Å². The molecule has 0 aliphatic heterocycles. The molecule has 2 heterocycles. The Bertz CT molecular complexity index is 1690. The van der Waals surface area contributed by atoms with E-state index in [1.807, 2.05) is 36.4 Å².